The van der Waals surface area contributed by atoms with Gasteiger partial charge in [-0.15, -0.1) is 0 Å². The summed E-state index contributed by atoms with van der Waals surface area (Å²) in [6, 6.07) is 5.54. The minimum absolute atomic E-state index is 0.0334. The lowest BCUT2D eigenvalue weighted by atomic mass is 10.1. The molecule has 0 aromatic carbocycles. The lowest BCUT2D eigenvalue weighted by Gasteiger charge is -2.35. The van der Waals surface area contributed by atoms with E-state index in [0.29, 0.717) is 43.5 Å². The summed E-state index contributed by atoms with van der Waals surface area (Å²) in [7, 11) is 1.74. The number of nitrogens with zero attached hydrogens (tertiary/aromatic N) is 5. The quantitative estimate of drug-likeness (QED) is 0.698. The largest absolute Gasteiger partial charge is 0.373 e. The number of hydrogen-bond acceptors (Lipinski definition) is 7. The molecule has 2 N–H and O–H groups in total. The first-order valence-corrected chi connectivity index (χ1v) is 10.1. The Hall–Kier alpha value is -3.03. The van der Waals surface area contributed by atoms with Crippen molar-refractivity contribution in [2.24, 2.45) is 5.92 Å². The van der Waals surface area contributed by atoms with Crippen LogP contribution in [0.5, 0.6) is 0 Å². The highest BCUT2D eigenvalue weighted by atomic mass is 16.2. The molecule has 0 bridgehead atoms. The summed E-state index contributed by atoms with van der Waals surface area (Å²) in [5.74, 6) is 1.82. The molecule has 2 aromatic rings. The van der Waals surface area contributed by atoms with Gasteiger partial charge in [0.2, 0.25) is 0 Å². The van der Waals surface area contributed by atoms with Crippen molar-refractivity contribution in [2.45, 2.75) is 26.7 Å². The highest BCUT2D eigenvalue weighted by Gasteiger charge is 2.26. The molecule has 2 aromatic heterocycles. The molecule has 8 nitrogen and oxygen atoms in total. The lowest BCUT2D eigenvalue weighted by Crippen LogP contribution is -2.51. The molecule has 1 aliphatic heterocycles. The molecule has 0 aliphatic carbocycles. The third kappa shape index (κ3) is 5.07. The van der Waals surface area contributed by atoms with E-state index in [-0.39, 0.29) is 11.6 Å². The number of carbonyl (C=O) groups is 1. The number of rotatable bonds is 7. The van der Waals surface area contributed by atoms with E-state index in [1.165, 1.54) is 0 Å². The van der Waals surface area contributed by atoms with Gasteiger partial charge in [0.25, 0.3) is 5.91 Å². The van der Waals surface area contributed by atoms with Gasteiger partial charge in [0.1, 0.15) is 23.7 Å². The van der Waals surface area contributed by atoms with Crippen LogP contribution < -0.4 is 10.2 Å². The standard InChI is InChI=1S/C21H29N7O/c1-15(2)6-7-16-13-18(26-14-25-16)27-9-11-28(12-10-27)21(29)19(22)17-5-4-8-24-20(17)23-3/h4-5,8,13-15,22H,6-7,9-12H2,1-3H3,(H,23,24). The third-order valence-electron chi connectivity index (χ3n) is 5.11. The molecule has 0 saturated carbocycles. The summed E-state index contributed by atoms with van der Waals surface area (Å²) >= 11 is 0. The number of amides is 1. The van der Waals surface area contributed by atoms with E-state index in [2.05, 4.69) is 45.1 Å². The van der Waals surface area contributed by atoms with Gasteiger partial charge in [0.05, 0.1) is 0 Å². The molecular weight excluding hydrogens is 366 g/mol. The number of carbonyl (C=O) groups excluding carboxylic acids is 1. The van der Waals surface area contributed by atoms with Gasteiger partial charge in [0.15, 0.2) is 0 Å². The first kappa shape index (κ1) is 20.7. The predicted molar refractivity (Wildman–Crippen MR) is 115 cm³/mol. The van der Waals surface area contributed by atoms with Gasteiger partial charge in [-0.3, -0.25) is 10.2 Å². The summed E-state index contributed by atoms with van der Waals surface area (Å²) in [6.45, 7) is 6.91. The first-order chi connectivity index (χ1) is 14.0. The molecule has 154 valence electrons. The van der Waals surface area contributed by atoms with Gasteiger partial charge in [-0.1, -0.05) is 13.8 Å². The van der Waals surface area contributed by atoms with Crippen LogP contribution >= 0.6 is 0 Å². The summed E-state index contributed by atoms with van der Waals surface area (Å²) in [4.78, 5) is 29.7. The van der Waals surface area contributed by atoms with Crippen LogP contribution in [0.1, 0.15) is 31.5 Å². The average molecular weight is 396 g/mol. The molecule has 3 rings (SSSR count). The van der Waals surface area contributed by atoms with Crippen molar-refractivity contribution in [1.29, 1.82) is 5.41 Å². The molecule has 3 heterocycles. The number of anilines is 2. The second-order valence-electron chi connectivity index (χ2n) is 7.60. The first-order valence-electron chi connectivity index (χ1n) is 10.1. The van der Waals surface area contributed by atoms with Crippen LogP contribution in [-0.4, -0.2) is 64.7 Å². The van der Waals surface area contributed by atoms with Gasteiger partial charge in [-0.2, -0.15) is 0 Å². The van der Waals surface area contributed by atoms with Gasteiger partial charge < -0.3 is 15.1 Å². The summed E-state index contributed by atoms with van der Waals surface area (Å²) < 4.78 is 0. The van der Waals surface area contributed by atoms with E-state index in [1.807, 2.05) is 0 Å². The molecule has 8 heteroatoms. The van der Waals surface area contributed by atoms with E-state index >= 15 is 0 Å². The second-order valence-corrected chi connectivity index (χ2v) is 7.60. The predicted octanol–water partition coefficient (Wildman–Crippen LogP) is 2.22. The maximum Gasteiger partial charge on any atom is 0.272 e. The summed E-state index contributed by atoms with van der Waals surface area (Å²) in [6.07, 6.45) is 5.31. The van der Waals surface area contributed by atoms with Crippen molar-refractivity contribution < 1.29 is 4.79 Å². The Balaban J connectivity index is 1.61. The van der Waals surface area contributed by atoms with Gasteiger partial charge in [-0.05, 0) is 30.9 Å². The molecule has 1 aliphatic rings. The van der Waals surface area contributed by atoms with Crippen LogP contribution in [0.25, 0.3) is 0 Å². The van der Waals surface area contributed by atoms with Crippen LogP contribution in [0.4, 0.5) is 11.6 Å². The minimum atomic E-state index is -0.269. The van der Waals surface area contributed by atoms with Gasteiger partial charge in [-0.25, -0.2) is 15.0 Å². The molecule has 0 atom stereocenters. The van der Waals surface area contributed by atoms with E-state index in [1.54, 1.807) is 36.6 Å². The summed E-state index contributed by atoms with van der Waals surface area (Å²) in [5.41, 5.74) is 1.54. The fraction of sp³-hybridized carbons (Fsp3) is 0.476. The molecule has 1 saturated heterocycles. The van der Waals surface area contributed by atoms with Crippen molar-refractivity contribution in [1.82, 2.24) is 19.9 Å². The molecule has 1 fully saturated rings. The average Bonchev–Trinajstić information content (AvgIpc) is 2.77. The zero-order valence-electron chi connectivity index (χ0n) is 17.4. The molecular formula is C21H29N7O. The van der Waals surface area contributed by atoms with Crippen molar-refractivity contribution in [2.75, 3.05) is 43.4 Å². The van der Waals surface area contributed by atoms with Crippen LogP contribution in [0.3, 0.4) is 0 Å². The number of pyridine rings is 1. The SMILES string of the molecule is CNc1ncccc1C(=N)C(=O)N1CCN(c2cc(CCC(C)C)ncn2)CC1. The van der Waals surface area contributed by atoms with Crippen LogP contribution in [0, 0.1) is 11.3 Å². The normalized spacial score (nSPS) is 14.2. The lowest BCUT2D eigenvalue weighted by molar-refractivity contribution is -0.124. The van der Waals surface area contributed by atoms with Crippen LogP contribution in [-0.2, 0) is 11.2 Å². The number of hydrogen-bond donors (Lipinski definition) is 2. The van der Waals surface area contributed by atoms with Crippen molar-refractivity contribution in [3.8, 4) is 0 Å². The van der Waals surface area contributed by atoms with Gasteiger partial charge >= 0.3 is 0 Å². The van der Waals surface area contributed by atoms with Gasteiger partial charge in [0, 0.05) is 56.7 Å². The van der Waals surface area contributed by atoms with Crippen LogP contribution in [0.15, 0.2) is 30.7 Å². The Morgan fingerprint density at radius 3 is 2.66 bits per heavy atom. The number of aryl methyl sites for hydroxylation is 1. The fourth-order valence-electron chi connectivity index (χ4n) is 3.35. The molecule has 0 unspecified atom stereocenters. The Morgan fingerprint density at radius 1 is 1.21 bits per heavy atom. The number of piperazine rings is 1. The number of aromatic nitrogens is 3. The molecule has 29 heavy (non-hydrogen) atoms. The molecule has 0 spiro atoms. The topological polar surface area (TPSA) is 98.1 Å². The third-order valence-corrected chi connectivity index (χ3v) is 5.11. The van der Waals surface area contributed by atoms with Crippen molar-refractivity contribution >= 4 is 23.3 Å². The minimum Gasteiger partial charge on any atom is -0.373 e. The summed E-state index contributed by atoms with van der Waals surface area (Å²) in [5, 5.41) is 11.3. The zero-order chi connectivity index (χ0) is 20.8. The fourth-order valence-corrected chi connectivity index (χ4v) is 3.35. The van der Waals surface area contributed by atoms with E-state index in [0.717, 1.165) is 24.4 Å². The maximum absolute atomic E-state index is 12.8. The Kier molecular flexibility index (Phi) is 6.74. The Bertz CT molecular complexity index is 860. The monoisotopic (exact) mass is 395 g/mol. The highest BCUT2D eigenvalue weighted by molar-refractivity contribution is 6.45. The highest BCUT2D eigenvalue weighted by Crippen LogP contribution is 2.18. The smallest absolute Gasteiger partial charge is 0.272 e. The number of nitrogens with one attached hydrogen (secondary N) is 2. The van der Waals surface area contributed by atoms with Crippen LogP contribution in [0.2, 0.25) is 0 Å². The van der Waals surface area contributed by atoms with Crippen molar-refractivity contribution in [3.05, 3.63) is 42.0 Å². The van der Waals surface area contributed by atoms with E-state index in [9.17, 15) is 4.79 Å². The van der Waals surface area contributed by atoms with E-state index in [4.69, 9.17) is 5.41 Å². The maximum atomic E-state index is 12.8. The second kappa shape index (κ2) is 9.45. The zero-order valence-corrected chi connectivity index (χ0v) is 17.4. The molecule has 1 amide bonds. The Labute approximate surface area is 171 Å². The van der Waals surface area contributed by atoms with Crippen molar-refractivity contribution in [3.63, 3.8) is 0 Å². The van der Waals surface area contributed by atoms with E-state index < -0.39 is 0 Å². The Morgan fingerprint density at radius 2 is 1.97 bits per heavy atom. The molecule has 0 radical (unpaired) electrons.